The zero-order valence-corrected chi connectivity index (χ0v) is 5.95. The Balaban J connectivity index is 2.36. The van der Waals surface area contributed by atoms with Crippen LogP contribution < -0.4 is 10.0 Å². The van der Waals surface area contributed by atoms with Crippen molar-refractivity contribution < 1.29 is 9.11 Å². The van der Waals surface area contributed by atoms with Gasteiger partial charge in [-0.25, -0.2) is 4.72 Å². The first-order valence-electron chi connectivity index (χ1n) is 2.92. The van der Waals surface area contributed by atoms with Crippen molar-refractivity contribution >= 4 is 10.8 Å². The van der Waals surface area contributed by atoms with Crippen molar-refractivity contribution in [1.82, 2.24) is 10.0 Å². The maximum absolute atomic E-state index is 9.04. The van der Waals surface area contributed by atoms with Gasteiger partial charge < -0.3 is 5.32 Å². The van der Waals surface area contributed by atoms with E-state index >= 15 is 0 Å². The molecule has 1 heterocycles. The standard InChI is InChI=1S/C4H12N2O2S/c7-9(8)4-3-5-1-2-6-9/h5-8H,1-4H2. The van der Waals surface area contributed by atoms with E-state index in [9.17, 15) is 0 Å². The Bertz CT molecular complexity index is 88.6. The Kier molecular flexibility index (Phi) is 2.31. The van der Waals surface area contributed by atoms with Gasteiger partial charge in [0.25, 0.3) is 0 Å². The Morgan fingerprint density at radius 2 is 1.89 bits per heavy atom. The molecule has 0 aromatic rings. The molecule has 0 amide bonds. The highest BCUT2D eigenvalue weighted by Gasteiger charge is 2.12. The lowest BCUT2D eigenvalue weighted by atomic mass is 10.6. The van der Waals surface area contributed by atoms with E-state index in [1.54, 1.807) is 0 Å². The van der Waals surface area contributed by atoms with E-state index in [2.05, 4.69) is 10.0 Å². The maximum atomic E-state index is 9.04. The van der Waals surface area contributed by atoms with Gasteiger partial charge in [-0.05, 0) is 0 Å². The summed E-state index contributed by atoms with van der Waals surface area (Å²) < 4.78 is 20.7. The minimum Gasteiger partial charge on any atom is -0.314 e. The van der Waals surface area contributed by atoms with E-state index in [0.29, 0.717) is 18.8 Å². The lowest BCUT2D eigenvalue weighted by Crippen LogP contribution is -2.23. The summed E-state index contributed by atoms with van der Waals surface area (Å²) in [4.78, 5) is 0. The first-order chi connectivity index (χ1) is 4.21. The van der Waals surface area contributed by atoms with Crippen LogP contribution in [0.25, 0.3) is 0 Å². The van der Waals surface area contributed by atoms with Gasteiger partial charge in [0.15, 0.2) is 0 Å². The van der Waals surface area contributed by atoms with Crippen molar-refractivity contribution in [3.63, 3.8) is 0 Å². The van der Waals surface area contributed by atoms with Crippen LogP contribution in [-0.2, 0) is 0 Å². The second-order valence-corrected chi connectivity index (χ2v) is 4.05. The van der Waals surface area contributed by atoms with E-state index in [-0.39, 0.29) is 0 Å². The lowest BCUT2D eigenvalue weighted by Gasteiger charge is -2.30. The summed E-state index contributed by atoms with van der Waals surface area (Å²) in [5.41, 5.74) is 0. The minimum atomic E-state index is -2.43. The molecule has 0 radical (unpaired) electrons. The molecular weight excluding hydrogens is 140 g/mol. The van der Waals surface area contributed by atoms with Crippen LogP contribution in [0.2, 0.25) is 0 Å². The Labute approximate surface area is 56.1 Å². The van der Waals surface area contributed by atoms with Gasteiger partial charge in [0.2, 0.25) is 0 Å². The van der Waals surface area contributed by atoms with E-state index in [0.717, 1.165) is 6.54 Å². The van der Waals surface area contributed by atoms with Gasteiger partial charge in [-0.2, -0.15) is 0 Å². The van der Waals surface area contributed by atoms with E-state index in [1.165, 1.54) is 0 Å². The molecule has 1 aliphatic heterocycles. The van der Waals surface area contributed by atoms with E-state index < -0.39 is 10.8 Å². The highest BCUT2D eigenvalue weighted by molar-refractivity contribution is 8.22. The van der Waals surface area contributed by atoms with Crippen molar-refractivity contribution in [2.24, 2.45) is 0 Å². The molecule has 0 bridgehead atoms. The first-order valence-corrected chi connectivity index (χ1v) is 4.63. The SMILES string of the molecule is OS1(O)CCNCCN1. The summed E-state index contributed by atoms with van der Waals surface area (Å²) >= 11 is 0. The van der Waals surface area contributed by atoms with Crippen LogP contribution in [-0.4, -0.2) is 34.5 Å². The van der Waals surface area contributed by atoms with Crippen LogP contribution in [0.5, 0.6) is 0 Å². The number of hydrogen-bond donors (Lipinski definition) is 4. The normalized spacial score (nSPS) is 30.9. The first kappa shape index (κ1) is 7.30. The molecule has 0 aromatic carbocycles. The zero-order valence-electron chi connectivity index (χ0n) is 5.13. The number of nitrogens with one attached hydrogen (secondary N) is 2. The molecule has 0 unspecified atom stereocenters. The third kappa shape index (κ3) is 2.51. The average molecular weight is 152 g/mol. The summed E-state index contributed by atoms with van der Waals surface area (Å²) in [5.74, 6) is 0.424. The minimum absolute atomic E-state index is 0.424. The quantitative estimate of drug-likeness (QED) is 0.389. The summed E-state index contributed by atoms with van der Waals surface area (Å²) in [7, 11) is -2.43. The topological polar surface area (TPSA) is 64.5 Å². The molecular formula is C4H12N2O2S. The molecule has 9 heavy (non-hydrogen) atoms. The summed E-state index contributed by atoms with van der Waals surface area (Å²) in [6.45, 7) is 2.15. The van der Waals surface area contributed by atoms with Gasteiger partial charge in [0, 0.05) is 19.6 Å². The fraction of sp³-hybridized carbons (Fsp3) is 1.00. The van der Waals surface area contributed by atoms with Crippen LogP contribution >= 0.6 is 10.8 Å². The fourth-order valence-electron chi connectivity index (χ4n) is 0.715. The largest absolute Gasteiger partial charge is 0.314 e. The molecule has 0 aromatic heterocycles. The van der Waals surface area contributed by atoms with Gasteiger partial charge in [-0.15, -0.1) is 10.8 Å². The molecule has 0 spiro atoms. The Morgan fingerprint density at radius 3 is 2.67 bits per heavy atom. The zero-order chi connectivity index (χ0) is 6.74. The van der Waals surface area contributed by atoms with Gasteiger partial charge in [-0.3, -0.25) is 9.11 Å². The monoisotopic (exact) mass is 152 g/mol. The molecule has 5 heteroatoms. The van der Waals surface area contributed by atoms with Crippen molar-refractivity contribution in [2.45, 2.75) is 0 Å². The molecule has 4 N–H and O–H groups in total. The molecule has 0 saturated carbocycles. The molecule has 1 rings (SSSR count). The van der Waals surface area contributed by atoms with Crippen molar-refractivity contribution in [2.75, 3.05) is 25.4 Å². The third-order valence-corrected chi connectivity index (χ3v) is 2.64. The van der Waals surface area contributed by atoms with Gasteiger partial charge in [-0.1, -0.05) is 0 Å². The lowest BCUT2D eigenvalue weighted by molar-refractivity contribution is 0.475. The van der Waals surface area contributed by atoms with E-state index in [1.807, 2.05) is 0 Å². The Morgan fingerprint density at radius 1 is 1.11 bits per heavy atom. The van der Waals surface area contributed by atoms with Crippen molar-refractivity contribution in [3.8, 4) is 0 Å². The molecule has 1 aliphatic rings. The van der Waals surface area contributed by atoms with Crippen LogP contribution in [0.4, 0.5) is 0 Å². The van der Waals surface area contributed by atoms with Gasteiger partial charge in [0.05, 0.1) is 5.75 Å². The molecule has 0 atom stereocenters. The van der Waals surface area contributed by atoms with Crippen LogP contribution in [0.1, 0.15) is 0 Å². The second kappa shape index (κ2) is 2.85. The summed E-state index contributed by atoms with van der Waals surface area (Å²) in [5, 5.41) is 3.04. The van der Waals surface area contributed by atoms with Crippen LogP contribution in [0.3, 0.4) is 0 Å². The predicted molar refractivity (Wildman–Crippen MR) is 38.6 cm³/mol. The molecule has 1 saturated heterocycles. The van der Waals surface area contributed by atoms with Crippen molar-refractivity contribution in [1.29, 1.82) is 0 Å². The van der Waals surface area contributed by atoms with E-state index in [4.69, 9.17) is 9.11 Å². The summed E-state index contributed by atoms with van der Waals surface area (Å²) in [6, 6.07) is 0. The predicted octanol–water partition coefficient (Wildman–Crippen LogP) is -0.155. The fourth-order valence-corrected chi connectivity index (χ4v) is 1.72. The molecule has 1 fully saturated rings. The molecule has 4 nitrogen and oxygen atoms in total. The summed E-state index contributed by atoms with van der Waals surface area (Å²) in [6.07, 6.45) is 0. The smallest absolute Gasteiger partial charge is 0.0652 e. The average Bonchev–Trinajstić information content (AvgIpc) is 1.92. The van der Waals surface area contributed by atoms with Crippen molar-refractivity contribution in [3.05, 3.63) is 0 Å². The Hall–Kier alpha value is 0.190. The maximum Gasteiger partial charge on any atom is 0.0652 e. The third-order valence-electron chi connectivity index (χ3n) is 1.20. The highest BCUT2D eigenvalue weighted by atomic mass is 32.3. The van der Waals surface area contributed by atoms with Gasteiger partial charge in [0.1, 0.15) is 0 Å². The van der Waals surface area contributed by atoms with Crippen LogP contribution in [0.15, 0.2) is 0 Å². The van der Waals surface area contributed by atoms with Crippen LogP contribution in [0, 0.1) is 0 Å². The molecule has 0 aliphatic carbocycles. The number of rotatable bonds is 0. The highest BCUT2D eigenvalue weighted by Crippen LogP contribution is 2.32. The van der Waals surface area contributed by atoms with Gasteiger partial charge >= 0.3 is 0 Å². The molecule has 56 valence electrons. The number of hydrogen-bond acceptors (Lipinski definition) is 4. The second-order valence-electron chi connectivity index (χ2n) is 2.02.